The van der Waals surface area contributed by atoms with E-state index in [-0.39, 0.29) is 16.7 Å². The van der Waals surface area contributed by atoms with Crippen molar-refractivity contribution in [3.05, 3.63) is 29.8 Å². The molecule has 1 aromatic carbocycles. The van der Waals surface area contributed by atoms with Crippen LogP contribution in [0, 0.1) is 5.41 Å². The standard InChI is InChI=1S/C18H25NO3/c1-21-13-17(8-3-9-17)12-19-16(20)18(10-11-18)14-4-6-15(22-2)7-5-14/h4-7H,3,8-13H2,1-2H3,(H,19,20). The van der Waals surface area contributed by atoms with E-state index in [1.54, 1.807) is 14.2 Å². The predicted molar refractivity (Wildman–Crippen MR) is 85.1 cm³/mol. The first-order chi connectivity index (χ1) is 10.6. The lowest BCUT2D eigenvalue weighted by atomic mass is 9.69. The Morgan fingerprint density at radius 3 is 2.27 bits per heavy atom. The molecule has 4 nitrogen and oxygen atoms in total. The lowest BCUT2D eigenvalue weighted by Gasteiger charge is -2.41. The van der Waals surface area contributed by atoms with Crippen molar-refractivity contribution >= 4 is 5.91 Å². The Balaban J connectivity index is 1.63. The molecular formula is C18H25NO3. The molecule has 1 amide bonds. The number of nitrogens with one attached hydrogen (secondary N) is 1. The number of hydrogen-bond donors (Lipinski definition) is 1. The van der Waals surface area contributed by atoms with Crippen LogP contribution in [0.1, 0.15) is 37.7 Å². The third-order valence-electron chi connectivity index (χ3n) is 5.32. The van der Waals surface area contributed by atoms with Crippen molar-refractivity contribution in [2.45, 2.75) is 37.5 Å². The van der Waals surface area contributed by atoms with E-state index in [1.165, 1.54) is 6.42 Å². The molecule has 0 aliphatic heterocycles. The van der Waals surface area contributed by atoms with Crippen LogP contribution in [0.15, 0.2) is 24.3 Å². The summed E-state index contributed by atoms with van der Waals surface area (Å²) in [5.41, 5.74) is 0.949. The van der Waals surface area contributed by atoms with E-state index in [9.17, 15) is 4.79 Å². The summed E-state index contributed by atoms with van der Waals surface area (Å²) in [5, 5.41) is 3.19. The van der Waals surface area contributed by atoms with Crippen LogP contribution in [0.25, 0.3) is 0 Å². The largest absolute Gasteiger partial charge is 0.497 e. The monoisotopic (exact) mass is 303 g/mol. The molecule has 120 valence electrons. The van der Waals surface area contributed by atoms with E-state index in [1.807, 2.05) is 24.3 Å². The number of rotatable bonds is 7. The molecule has 2 saturated carbocycles. The maximum atomic E-state index is 12.7. The molecule has 1 N–H and O–H groups in total. The first-order valence-corrected chi connectivity index (χ1v) is 8.06. The van der Waals surface area contributed by atoms with Gasteiger partial charge < -0.3 is 14.8 Å². The SMILES string of the molecule is COCC1(CNC(=O)C2(c3ccc(OC)cc3)CC2)CCC1. The third-order valence-corrected chi connectivity index (χ3v) is 5.32. The molecule has 1 aromatic rings. The molecule has 0 bridgehead atoms. The zero-order valence-corrected chi connectivity index (χ0v) is 13.5. The topological polar surface area (TPSA) is 47.6 Å². The van der Waals surface area contributed by atoms with Crippen molar-refractivity contribution < 1.29 is 14.3 Å². The fraction of sp³-hybridized carbons (Fsp3) is 0.611. The van der Waals surface area contributed by atoms with E-state index < -0.39 is 0 Å². The van der Waals surface area contributed by atoms with E-state index in [0.717, 1.165) is 50.1 Å². The highest BCUT2D eigenvalue weighted by Gasteiger charge is 2.51. The van der Waals surface area contributed by atoms with Gasteiger partial charge in [0.15, 0.2) is 0 Å². The normalized spacial score (nSPS) is 20.8. The molecule has 0 aromatic heterocycles. The van der Waals surface area contributed by atoms with Crippen LogP contribution in [0.2, 0.25) is 0 Å². The molecule has 0 saturated heterocycles. The van der Waals surface area contributed by atoms with Gasteiger partial charge in [0.1, 0.15) is 5.75 Å². The Bertz CT molecular complexity index is 530. The van der Waals surface area contributed by atoms with Crippen molar-refractivity contribution in [2.24, 2.45) is 5.41 Å². The summed E-state index contributed by atoms with van der Waals surface area (Å²) < 4.78 is 10.5. The van der Waals surface area contributed by atoms with Gasteiger partial charge in [0.25, 0.3) is 0 Å². The average molecular weight is 303 g/mol. The molecule has 0 unspecified atom stereocenters. The Hall–Kier alpha value is -1.55. The minimum atomic E-state index is -0.315. The smallest absolute Gasteiger partial charge is 0.230 e. The average Bonchev–Trinajstić information content (AvgIpc) is 3.31. The van der Waals surface area contributed by atoms with Gasteiger partial charge in [-0.2, -0.15) is 0 Å². The van der Waals surface area contributed by atoms with Crippen molar-refractivity contribution in [3.63, 3.8) is 0 Å². The number of ether oxygens (including phenoxy) is 2. The van der Waals surface area contributed by atoms with E-state index >= 15 is 0 Å². The van der Waals surface area contributed by atoms with Crippen LogP contribution >= 0.6 is 0 Å². The predicted octanol–water partition coefficient (Wildman–Crippen LogP) is 2.66. The molecule has 4 heteroatoms. The summed E-state index contributed by atoms with van der Waals surface area (Å²) >= 11 is 0. The van der Waals surface area contributed by atoms with Gasteiger partial charge in [-0.25, -0.2) is 0 Å². The highest BCUT2D eigenvalue weighted by Crippen LogP contribution is 2.49. The third kappa shape index (κ3) is 2.72. The minimum absolute atomic E-state index is 0.167. The maximum Gasteiger partial charge on any atom is 0.230 e. The summed E-state index contributed by atoms with van der Waals surface area (Å²) in [5.74, 6) is 0.994. The van der Waals surface area contributed by atoms with Crippen LogP contribution in [-0.4, -0.2) is 33.3 Å². The summed E-state index contributed by atoms with van der Waals surface area (Å²) in [7, 11) is 3.39. The first kappa shape index (κ1) is 15.3. The van der Waals surface area contributed by atoms with Gasteiger partial charge in [0.2, 0.25) is 5.91 Å². The molecular weight excluding hydrogens is 278 g/mol. The molecule has 2 aliphatic rings. The first-order valence-electron chi connectivity index (χ1n) is 8.06. The number of benzene rings is 1. The van der Waals surface area contributed by atoms with E-state index in [2.05, 4.69) is 5.32 Å². The van der Waals surface area contributed by atoms with Crippen LogP contribution in [-0.2, 0) is 14.9 Å². The summed E-state index contributed by atoms with van der Waals surface area (Å²) in [6, 6.07) is 7.89. The quantitative estimate of drug-likeness (QED) is 0.842. The molecule has 0 spiro atoms. The number of hydrogen-bond acceptors (Lipinski definition) is 3. The molecule has 2 fully saturated rings. The number of carbonyl (C=O) groups is 1. The Morgan fingerprint density at radius 2 is 1.82 bits per heavy atom. The molecule has 22 heavy (non-hydrogen) atoms. The molecule has 0 radical (unpaired) electrons. The highest BCUT2D eigenvalue weighted by molar-refractivity contribution is 5.91. The van der Waals surface area contributed by atoms with Gasteiger partial charge in [-0.15, -0.1) is 0 Å². The molecule has 0 atom stereocenters. The molecule has 3 rings (SSSR count). The second kappa shape index (κ2) is 5.92. The number of carbonyl (C=O) groups excluding carboxylic acids is 1. The van der Waals surface area contributed by atoms with Gasteiger partial charge in [0.05, 0.1) is 19.1 Å². The van der Waals surface area contributed by atoms with Gasteiger partial charge >= 0.3 is 0 Å². The summed E-state index contributed by atoms with van der Waals surface area (Å²) in [6.07, 6.45) is 5.40. The zero-order chi connectivity index (χ0) is 15.6. The Labute approximate surface area is 132 Å². The minimum Gasteiger partial charge on any atom is -0.497 e. The van der Waals surface area contributed by atoms with Crippen molar-refractivity contribution in [1.82, 2.24) is 5.32 Å². The van der Waals surface area contributed by atoms with Crippen molar-refractivity contribution in [3.8, 4) is 5.75 Å². The second-order valence-corrected chi connectivity index (χ2v) is 6.78. The summed E-state index contributed by atoms with van der Waals surface area (Å²) in [6.45, 7) is 1.47. The van der Waals surface area contributed by atoms with Gasteiger partial charge in [0, 0.05) is 19.1 Å². The molecule has 0 heterocycles. The lowest BCUT2D eigenvalue weighted by Crippen LogP contribution is -2.47. The van der Waals surface area contributed by atoms with Crippen LogP contribution in [0.4, 0.5) is 0 Å². The van der Waals surface area contributed by atoms with Crippen molar-refractivity contribution in [2.75, 3.05) is 27.4 Å². The van der Waals surface area contributed by atoms with Crippen molar-refractivity contribution in [1.29, 1.82) is 0 Å². The maximum absolute atomic E-state index is 12.7. The lowest BCUT2D eigenvalue weighted by molar-refractivity contribution is -0.124. The van der Waals surface area contributed by atoms with Crippen LogP contribution < -0.4 is 10.1 Å². The fourth-order valence-corrected chi connectivity index (χ4v) is 3.47. The second-order valence-electron chi connectivity index (χ2n) is 6.78. The molecule has 2 aliphatic carbocycles. The van der Waals surface area contributed by atoms with Gasteiger partial charge in [-0.05, 0) is 43.4 Å². The Morgan fingerprint density at radius 1 is 1.14 bits per heavy atom. The summed E-state index contributed by atoms with van der Waals surface area (Å²) in [4.78, 5) is 12.7. The fourth-order valence-electron chi connectivity index (χ4n) is 3.47. The van der Waals surface area contributed by atoms with Gasteiger partial charge in [-0.3, -0.25) is 4.79 Å². The number of amides is 1. The van der Waals surface area contributed by atoms with Crippen LogP contribution in [0.3, 0.4) is 0 Å². The van der Waals surface area contributed by atoms with Gasteiger partial charge in [-0.1, -0.05) is 18.6 Å². The highest BCUT2D eigenvalue weighted by atomic mass is 16.5. The number of methoxy groups -OCH3 is 2. The van der Waals surface area contributed by atoms with Crippen LogP contribution in [0.5, 0.6) is 5.75 Å². The Kier molecular flexibility index (Phi) is 4.13. The van der Waals surface area contributed by atoms with E-state index in [4.69, 9.17) is 9.47 Å². The zero-order valence-electron chi connectivity index (χ0n) is 13.5. The van der Waals surface area contributed by atoms with E-state index in [0.29, 0.717) is 0 Å².